The van der Waals surface area contributed by atoms with Gasteiger partial charge in [-0.15, -0.1) is 0 Å². The molecule has 3 nitrogen and oxygen atoms in total. The van der Waals surface area contributed by atoms with Crippen molar-refractivity contribution in [1.29, 1.82) is 0 Å². The zero-order valence-electron chi connectivity index (χ0n) is 12.3. The van der Waals surface area contributed by atoms with Gasteiger partial charge in [-0.25, -0.2) is 4.98 Å². The second-order valence-electron chi connectivity index (χ2n) is 5.91. The second-order valence-corrected chi connectivity index (χ2v) is 5.91. The van der Waals surface area contributed by atoms with Crippen LogP contribution >= 0.6 is 0 Å². The van der Waals surface area contributed by atoms with E-state index in [1.165, 1.54) is 5.56 Å². The molecule has 0 radical (unpaired) electrons. The maximum absolute atomic E-state index is 10.8. The van der Waals surface area contributed by atoms with Gasteiger partial charge in [0.25, 0.3) is 0 Å². The minimum Gasteiger partial charge on any atom is -0.378 e. The summed E-state index contributed by atoms with van der Waals surface area (Å²) < 4.78 is 2.08. The zero-order chi connectivity index (χ0) is 14.7. The fraction of sp³-hybridized carbons (Fsp3) is 0.389. The van der Waals surface area contributed by atoms with Gasteiger partial charge >= 0.3 is 0 Å². The van der Waals surface area contributed by atoms with Crippen LogP contribution in [0.5, 0.6) is 0 Å². The van der Waals surface area contributed by atoms with Crippen LogP contribution in [0.3, 0.4) is 0 Å². The lowest BCUT2D eigenvalue weighted by atomic mass is 9.82. The molecule has 1 heterocycles. The van der Waals surface area contributed by atoms with Gasteiger partial charge in [-0.1, -0.05) is 24.0 Å². The summed E-state index contributed by atoms with van der Waals surface area (Å²) in [6.45, 7) is 2.05. The van der Waals surface area contributed by atoms with Crippen LogP contribution < -0.4 is 0 Å². The summed E-state index contributed by atoms with van der Waals surface area (Å²) in [6.07, 6.45) is 9.05. The molecule has 0 spiro atoms. The summed E-state index contributed by atoms with van der Waals surface area (Å²) in [5.41, 5.74) is 1.26. The molecule has 2 aromatic rings. The summed E-state index contributed by atoms with van der Waals surface area (Å²) in [7, 11) is 0. The van der Waals surface area contributed by atoms with E-state index in [0.717, 1.165) is 24.8 Å². The third-order valence-electron chi connectivity index (χ3n) is 4.11. The lowest BCUT2D eigenvalue weighted by molar-refractivity contribution is 0.0398. The van der Waals surface area contributed by atoms with Crippen LogP contribution in [0.15, 0.2) is 43.0 Å². The van der Waals surface area contributed by atoms with Crippen LogP contribution in [-0.2, 0) is 0 Å². The van der Waals surface area contributed by atoms with Crippen molar-refractivity contribution in [3.8, 4) is 11.8 Å². The van der Waals surface area contributed by atoms with Crippen molar-refractivity contribution in [3.05, 3.63) is 54.1 Å². The molecule has 1 saturated carbocycles. The van der Waals surface area contributed by atoms with Crippen LogP contribution in [0.25, 0.3) is 0 Å². The highest BCUT2D eigenvalue weighted by molar-refractivity contribution is 5.38. The zero-order valence-corrected chi connectivity index (χ0v) is 12.3. The fourth-order valence-corrected chi connectivity index (χ4v) is 2.99. The lowest BCUT2D eigenvalue weighted by Crippen LogP contribution is -2.34. The third-order valence-corrected chi connectivity index (χ3v) is 4.11. The Morgan fingerprint density at radius 3 is 3.10 bits per heavy atom. The van der Waals surface area contributed by atoms with Gasteiger partial charge in [0.05, 0.1) is 6.33 Å². The molecule has 108 valence electrons. The molecule has 21 heavy (non-hydrogen) atoms. The van der Waals surface area contributed by atoms with Gasteiger partial charge in [-0.2, -0.15) is 0 Å². The predicted molar refractivity (Wildman–Crippen MR) is 82.7 cm³/mol. The molecule has 1 aliphatic carbocycles. The second kappa shape index (κ2) is 5.75. The molecule has 0 amide bonds. The Morgan fingerprint density at radius 2 is 2.33 bits per heavy atom. The van der Waals surface area contributed by atoms with Crippen LogP contribution in [0.4, 0.5) is 0 Å². The number of aliphatic hydroxyl groups is 1. The Balaban J connectivity index is 1.78. The highest BCUT2D eigenvalue weighted by Crippen LogP contribution is 2.35. The number of hydrogen-bond acceptors (Lipinski definition) is 2. The fourth-order valence-electron chi connectivity index (χ4n) is 2.99. The van der Waals surface area contributed by atoms with E-state index in [0.29, 0.717) is 6.42 Å². The van der Waals surface area contributed by atoms with E-state index < -0.39 is 5.60 Å². The molecule has 1 aliphatic rings. The quantitative estimate of drug-likeness (QED) is 0.815. The van der Waals surface area contributed by atoms with Crippen molar-refractivity contribution in [2.75, 3.05) is 0 Å². The summed E-state index contributed by atoms with van der Waals surface area (Å²) in [5.74, 6) is 6.24. The molecule has 1 fully saturated rings. The highest BCUT2D eigenvalue weighted by Gasteiger charge is 2.33. The van der Waals surface area contributed by atoms with Crippen molar-refractivity contribution < 1.29 is 5.11 Å². The molecule has 0 unspecified atom stereocenters. The molecule has 3 heteroatoms. The van der Waals surface area contributed by atoms with Crippen LogP contribution in [0, 0.1) is 18.8 Å². The third kappa shape index (κ3) is 3.34. The summed E-state index contributed by atoms with van der Waals surface area (Å²) in [6, 6.07) is 8.37. The number of imidazole rings is 1. The molecule has 1 aromatic carbocycles. The van der Waals surface area contributed by atoms with Crippen molar-refractivity contribution >= 4 is 0 Å². The van der Waals surface area contributed by atoms with E-state index >= 15 is 0 Å². The summed E-state index contributed by atoms with van der Waals surface area (Å²) >= 11 is 0. The number of aromatic nitrogens is 2. The predicted octanol–water partition coefficient (Wildman–Crippen LogP) is 3.09. The summed E-state index contributed by atoms with van der Waals surface area (Å²) in [4.78, 5) is 4.09. The maximum atomic E-state index is 10.8. The monoisotopic (exact) mass is 280 g/mol. The van der Waals surface area contributed by atoms with Gasteiger partial charge in [-0.3, -0.25) is 0 Å². The van der Waals surface area contributed by atoms with E-state index in [1.54, 1.807) is 6.20 Å². The largest absolute Gasteiger partial charge is 0.378 e. The number of aryl methyl sites for hydroxylation is 1. The Bertz CT molecular complexity index is 666. The van der Waals surface area contributed by atoms with E-state index in [4.69, 9.17) is 0 Å². The van der Waals surface area contributed by atoms with Gasteiger partial charge in [0.15, 0.2) is 0 Å². The van der Waals surface area contributed by atoms with Crippen molar-refractivity contribution in [1.82, 2.24) is 9.55 Å². The van der Waals surface area contributed by atoms with Crippen molar-refractivity contribution in [2.24, 2.45) is 0 Å². The first-order valence-corrected chi connectivity index (χ1v) is 7.44. The van der Waals surface area contributed by atoms with Crippen LogP contribution in [-0.4, -0.2) is 20.3 Å². The summed E-state index contributed by atoms with van der Waals surface area (Å²) in [5, 5.41) is 10.8. The molecule has 0 aliphatic heterocycles. The van der Waals surface area contributed by atoms with E-state index in [1.807, 2.05) is 30.7 Å². The van der Waals surface area contributed by atoms with Gasteiger partial charge in [-0.05, 0) is 43.9 Å². The maximum Gasteiger partial charge on any atom is 0.127 e. The first kappa shape index (κ1) is 13.9. The molecular weight excluding hydrogens is 260 g/mol. The standard InChI is InChI=1S/C18H20N2O/c1-15-4-2-5-16(12-15)7-9-18(21)8-3-6-17(13-18)20-11-10-19-14-20/h2,4-5,10-12,14,17,21H,3,6,8,13H2,1H3/t17-,18+/m1/s1. The van der Waals surface area contributed by atoms with Gasteiger partial charge in [0.2, 0.25) is 0 Å². The number of hydrogen-bond donors (Lipinski definition) is 1. The van der Waals surface area contributed by atoms with Gasteiger partial charge in [0.1, 0.15) is 5.60 Å². The molecule has 0 bridgehead atoms. The van der Waals surface area contributed by atoms with Gasteiger partial charge < -0.3 is 9.67 Å². The molecule has 1 aromatic heterocycles. The Labute approximate surface area is 125 Å². The van der Waals surface area contributed by atoms with Crippen LogP contribution in [0.1, 0.15) is 42.9 Å². The first-order valence-electron chi connectivity index (χ1n) is 7.44. The van der Waals surface area contributed by atoms with E-state index in [9.17, 15) is 5.11 Å². The molecule has 2 atom stereocenters. The van der Waals surface area contributed by atoms with Crippen LogP contribution in [0.2, 0.25) is 0 Å². The minimum atomic E-state index is -0.892. The normalized spacial score (nSPS) is 25.1. The topological polar surface area (TPSA) is 38.0 Å². The van der Waals surface area contributed by atoms with Crippen molar-refractivity contribution in [3.63, 3.8) is 0 Å². The van der Waals surface area contributed by atoms with Crippen molar-refractivity contribution in [2.45, 2.75) is 44.2 Å². The van der Waals surface area contributed by atoms with E-state index in [2.05, 4.69) is 34.4 Å². The number of benzene rings is 1. The smallest absolute Gasteiger partial charge is 0.127 e. The molecule has 3 rings (SSSR count). The number of nitrogens with zero attached hydrogens (tertiary/aromatic N) is 2. The molecule has 0 saturated heterocycles. The Morgan fingerprint density at radius 1 is 1.43 bits per heavy atom. The van der Waals surface area contributed by atoms with E-state index in [-0.39, 0.29) is 6.04 Å². The Hall–Kier alpha value is -2.05. The SMILES string of the molecule is Cc1cccc(C#C[C@@]2(O)CCC[C@@H](n3ccnc3)C2)c1. The highest BCUT2D eigenvalue weighted by atomic mass is 16.3. The Kier molecular flexibility index (Phi) is 3.81. The average molecular weight is 280 g/mol. The minimum absolute atomic E-state index is 0.290. The number of rotatable bonds is 1. The first-order chi connectivity index (χ1) is 10.1. The van der Waals surface area contributed by atoms with Gasteiger partial charge in [0, 0.05) is 30.4 Å². The molecular formula is C18H20N2O. The average Bonchev–Trinajstić information content (AvgIpc) is 3.00. The lowest BCUT2D eigenvalue weighted by Gasteiger charge is -2.33. The molecule has 1 N–H and O–H groups in total.